The van der Waals surface area contributed by atoms with Crippen LogP contribution in [0.5, 0.6) is 0 Å². The standard InChI is InChI=1S/C33H39NO11/c1-4-42-30(39)45-33(27(37)19-43-28(38)15-20-6-5-7-21(14-20)18-44-34(40)41)13-11-25-24-9-8-22-16-23(35)10-12-31(22,2)29(24)26(36)17-32(25,33)3/h5-8,10,12,14,24-26,29,36H,4,9,11,13,15-19H2,1-3H3/t24-,25-,26-,29+,31-,32-,33-/m0/s1. The molecule has 0 amide bonds. The number of nitrogens with zero attached hydrogens (tertiary/aromatic N) is 1. The van der Waals surface area contributed by atoms with Crippen molar-refractivity contribution in [2.24, 2.45) is 28.6 Å². The molecule has 4 aliphatic rings. The Balaban J connectivity index is 1.36. The SMILES string of the molecule is CCOC(=O)O[C@]1(C(=O)COC(=O)Cc2cccc(CO[N+](=O)[O-])c2)CC[C@H]2[C@@H]3CC=C4CC(=O)C=C[C@]4(C)[C@H]3[C@@H](O)C[C@@]21C. The minimum Gasteiger partial charge on any atom is -0.457 e. The number of ketones is 2. The molecule has 0 aromatic heterocycles. The van der Waals surface area contributed by atoms with Gasteiger partial charge in [0.25, 0.3) is 5.09 Å². The summed E-state index contributed by atoms with van der Waals surface area (Å²) < 4.78 is 16.4. The van der Waals surface area contributed by atoms with Gasteiger partial charge in [0.1, 0.15) is 6.61 Å². The number of rotatable bonds is 10. The lowest BCUT2D eigenvalue weighted by Crippen LogP contribution is -2.63. The summed E-state index contributed by atoms with van der Waals surface area (Å²) in [7, 11) is 0. The normalized spacial score (nSPS) is 33.2. The van der Waals surface area contributed by atoms with E-state index in [-0.39, 0.29) is 56.0 Å². The lowest BCUT2D eigenvalue weighted by atomic mass is 9.47. The van der Waals surface area contributed by atoms with Crippen LogP contribution in [0.15, 0.2) is 48.1 Å². The van der Waals surface area contributed by atoms with Gasteiger partial charge in [-0.2, -0.15) is 0 Å². The number of benzene rings is 1. The number of carbonyl (C=O) groups is 4. The first-order valence-electron chi connectivity index (χ1n) is 15.3. The van der Waals surface area contributed by atoms with E-state index in [0.29, 0.717) is 30.4 Å². The van der Waals surface area contributed by atoms with Gasteiger partial charge in [-0.05, 0) is 61.6 Å². The molecule has 5 rings (SSSR count). The maximum Gasteiger partial charge on any atom is 0.509 e. The van der Waals surface area contributed by atoms with Crippen LogP contribution in [-0.2, 0) is 46.5 Å². The Bertz CT molecular complexity index is 1450. The lowest BCUT2D eigenvalue weighted by Gasteiger charge is -2.59. The summed E-state index contributed by atoms with van der Waals surface area (Å²) in [6.45, 7) is 4.65. The van der Waals surface area contributed by atoms with E-state index in [1.165, 1.54) is 0 Å². The molecule has 4 aliphatic carbocycles. The van der Waals surface area contributed by atoms with Crippen molar-refractivity contribution in [3.63, 3.8) is 0 Å². The fraction of sp³-hybridized carbons (Fsp3) is 0.576. The number of allylic oxidation sites excluding steroid dienone is 4. The predicted octanol–water partition coefficient (Wildman–Crippen LogP) is 4.24. The quantitative estimate of drug-likeness (QED) is 0.171. The van der Waals surface area contributed by atoms with Gasteiger partial charge in [-0.15, -0.1) is 10.1 Å². The Morgan fingerprint density at radius 3 is 2.64 bits per heavy atom. The van der Waals surface area contributed by atoms with Crippen LogP contribution in [0.25, 0.3) is 0 Å². The minimum atomic E-state index is -1.70. The first kappa shape index (κ1) is 32.3. The molecule has 0 radical (unpaired) electrons. The Hall–Kier alpha value is -4.06. The molecular formula is C33H39NO11. The molecule has 1 aromatic carbocycles. The molecule has 12 heteroatoms. The van der Waals surface area contributed by atoms with E-state index in [4.69, 9.17) is 14.2 Å². The number of Topliss-reactive ketones (excluding diaryl/α,β-unsaturated/α-hetero) is 1. The minimum absolute atomic E-state index is 0.0340. The molecule has 2 saturated carbocycles. The Labute approximate surface area is 260 Å². The van der Waals surface area contributed by atoms with Crippen molar-refractivity contribution in [1.82, 2.24) is 0 Å². The highest BCUT2D eigenvalue weighted by Crippen LogP contribution is 2.67. The molecule has 0 saturated heterocycles. The Morgan fingerprint density at radius 2 is 1.91 bits per heavy atom. The number of fused-ring (bicyclic) bond motifs is 5. The topological polar surface area (TPSA) is 169 Å². The van der Waals surface area contributed by atoms with Crippen LogP contribution < -0.4 is 0 Å². The van der Waals surface area contributed by atoms with Gasteiger partial charge < -0.3 is 24.2 Å². The third kappa shape index (κ3) is 5.87. The van der Waals surface area contributed by atoms with Crippen LogP contribution in [0, 0.1) is 38.7 Å². The maximum atomic E-state index is 14.1. The molecule has 0 unspecified atom stereocenters. The van der Waals surface area contributed by atoms with Crippen LogP contribution in [0.4, 0.5) is 4.79 Å². The predicted molar refractivity (Wildman–Crippen MR) is 157 cm³/mol. The zero-order chi connectivity index (χ0) is 32.6. The average Bonchev–Trinajstić information content (AvgIpc) is 3.27. The fourth-order valence-corrected chi connectivity index (χ4v) is 8.63. The van der Waals surface area contributed by atoms with Gasteiger partial charge in [0, 0.05) is 23.2 Å². The van der Waals surface area contributed by atoms with Crippen molar-refractivity contribution in [2.75, 3.05) is 13.2 Å². The second-order valence-corrected chi connectivity index (χ2v) is 12.9. The molecular weight excluding hydrogens is 586 g/mol. The van der Waals surface area contributed by atoms with E-state index in [2.05, 4.69) is 17.8 Å². The highest BCUT2D eigenvalue weighted by Gasteiger charge is 2.70. The Kier molecular flexibility index (Phi) is 8.90. The number of aliphatic hydroxyl groups is 1. The van der Waals surface area contributed by atoms with E-state index in [0.717, 1.165) is 5.57 Å². The van der Waals surface area contributed by atoms with Crippen molar-refractivity contribution < 1.29 is 48.4 Å². The first-order valence-corrected chi connectivity index (χ1v) is 15.3. The molecule has 7 atom stereocenters. The third-order valence-corrected chi connectivity index (χ3v) is 10.6. The number of hydrogen-bond donors (Lipinski definition) is 1. The molecule has 242 valence electrons. The van der Waals surface area contributed by atoms with Gasteiger partial charge in [0.15, 0.2) is 18.0 Å². The van der Waals surface area contributed by atoms with Crippen molar-refractivity contribution in [1.29, 1.82) is 0 Å². The number of ether oxygens (including phenoxy) is 3. The van der Waals surface area contributed by atoms with Crippen LogP contribution in [0.3, 0.4) is 0 Å². The summed E-state index contributed by atoms with van der Waals surface area (Å²) in [6, 6.07) is 6.46. The number of aliphatic hydroxyl groups excluding tert-OH is 1. The third-order valence-electron chi connectivity index (χ3n) is 10.6. The van der Waals surface area contributed by atoms with Crippen LogP contribution in [0.2, 0.25) is 0 Å². The summed E-state index contributed by atoms with van der Waals surface area (Å²) in [5.74, 6) is -1.59. The van der Waals surface area contributed by atoms with E-state index in [1.807, 2.05) is 13.0 Å². The zero-order valence-corrected chi connectivity index (χ0v) is 25.7. The molecule has 45 heavy (non-hydrogen) atoms. The molecule has 0 bridgehead atoms. The maximum absolute atomic E-state index is 14.1. The van der Waals surface area contributed by atoms with Crippen LogP contribution in [0.1, 0.15) is 64.0 Å². The zero-order valence-electron chi connectivity index (χ0n) is 25.7. The van der Waals surface area contributed by atoms with Crippen LogP contribution >= 0.6 is 0 Å². The number of esters is 1. The molecule has 0 heterocycles. The lowest BCUT2D eigenvalue weighted by molar-refractivity contribution is -0.763. The van der Waals surface area contributed by atoms with Gasteiger partial charge in [-0.3, -0.25) is 14.4 Å². The number of hydrogen-bond acceptors (Lipinski definition) is 11. The van der Waals surface area contributed by atoms with E-state index in [9.17, 15) is 34.4 Å². The van der Waals surface area contributed by atoms with Gasteiger partial charge in [-0.25, -0.2) is 4.79 Å². The summed E-state index contributed by atoms with van der Waals surface area (Å²) in [5.41, 5.74) is -1.17. The molecule has 0 aliphatic heterocycles. The molecule has 0 spiro atoms. The molecule has 1 N–H and O–H groups in total. The van der Waals surface area contributed by atoms with Crippen molar-refractivity contribution >= 4 is 23.7 Å². The first-order chi connectivity index (χ1) is 21.3. The van der Waals surface area contributed by atoms with Crippen molar-refractivity contribution in [3.05, 3.63) is 69.3 Å². The monoisotopic (exact) mass is 625 g/mol. The van der Waals surface area contributed by atoms with Crippen molar-refractivity contribution in [2.45, 2.75) is 77.6 Å². The molecule has 12 nitrogen and oxygen atoms in total. The smallest absolute Gasteiger partial charge is 0.457 e. The van der Waals surface area contributed by atoms with E-state index in [1.54, 1.807) is 37.3 Å². The van der Waals surface area contributed by atoms with Gasteiger partial charge in [0.2, 0.25) is 5.78 Å². The van der Waals surface area contributed by atoms with Gasteiger partial charge in [-0.1, -0.05) is 55.8 Å². The van der Waals surface area contributed by atoms with E-state index < -0.39 is 52.1 Å². The molecule has 1 aromatic rings. The second kappa shape index (κ2) is 12.4. The van der Waals surface area contributed by atoms with Crippen LogP contribution in [-0.4, -0.2) is 58.8 Å². The highest BCUT2D eigenvalue weighted by atomic mass is 16.9. The van der Waals surface area contributed by atoms with Gasteiger partial charge >= 0.3 is 12.1 Å². The summed E-state index contributed by atoms with van der Waals surface area (Å²) in [4.78, 5) is 66.8. The highest BCUT2D eigenvalue weighted by molar-refractivity contribution is 5.94. The Morgan fingerprint density at radius 1 is 1.16 bits per heavy atom. The summed E-state index contributed by atoms with van der Waals surface area (Å²) in [6.07, 6.45) is 5.37. The van der Waals surface area contributed by atoms with Crippen molar-refractivity contribution in [3.8, 4) is 0 Å². The second-order valence-electron chi connectivity index (χ2n) is 12.9. The fourth-order valence-electron chi connectivity index (χ4n) is 8.63. The number of carbonyl (C=O) groups excluding carboxylic acids is 4. The average molecular weight is 626 g/mol. The molecule has 2 fully saturated rings. The summed E-state index contributed by atoms with van der Waals surface area (Å²) in [5, 5.41) is 21.4. The summed E-state index contributed by atoms with van der Waals surface area (Å²) >= 11 is 0. The van der Waals surface area contributed by atoms with Gasteiger partial charge in [0.05, 0.1) is 19.1 Å². The van der Waals surface area contributed by atoms with E-state index >= 15 is 0 Å². The largest absolute Gasteiger partial charge is 0.509 e.